The second-order valence-electron chi connectivity index (χ2n) is 8.86. The molecule has 1 aliphatic heterocycles. The van der Waals surface area contributed by atoms with Gasteiger partial charge in [0.15, 0.2) is 0 Å². The number of fused-ring (bicyclic) bond motifs is 1. The minimum absolute atomic E-state index is 0.194. The normalized spacial score (nSPS) is 16.3. The van der Waals surface area contributed by atoms with Crippen LogP contribution in [0, 0.1) is 6.92 Å². The fraction of sp³-hybridized carbons (Fsp3) is 0.565. The number of alkyl carbamates (subject to hydrolysis) is 1. The maximum atomic E-state index is 11.6. The van der Waals surface area contributed by atoms with Crippen molar-refractivity contribution in [1.29, 1.82) is 0 Å². The van der Waals surface area contributed by atoms with E-state index in [9.17, 15) is 4.79 Å². The van der Waals surface area contributed by atoms with Gasteiger partial charge in [-0.25, -0.2) is 9.78 Å². The van der Waals surface area contributed by atoms with Crippen LogP contribution in [0.2, 0.25) is 0 Å². The first kappa shape index (κ1) is 22.0. The molecule has 1 unspecified atom stereocenters. The summed E-state index contributed by atoms with van der Waals surface area (Å²) in [5, 5.41) is 9.48. The quantitative estimate of drug-likeness (QED) is 0.651. The van der Waals surface area contributed by atoms with Crippen LogP contribution in [0.5, 0.6) is 0 Å². The van der Waals surface area contributed by atoms with Gasteiger partial charge in [-0.3, -0.25) is 9.99 Å². The number of nitrogens with one attached hydrogen (secondary N) is 1. The topological polar surface area (TPSA) is 79.7 Å². The Morgan fingerprint density at radius 2 is 2.03 bits per heavy atom. The Balaban J connectivity index is 1.33. The molecule has 1 atom stereocenters. The SMILES string of the molecule is Cc1cccc2ncc(C3C=NN(CCCCCCNC(=O)OC(C)(C)C)C3)nc12. The first-order chi connectivity index (χ1) is 14.3. The van der Waals surface area contributed by atoms with Gasteiger partial charge in [-0.2, -0.15) is 5.10 Å². The highest BCUT2D eigenvalue weighted by molar-refractivity contribution is 5.78. The number of hydrogen-bond acceptors (Lipinski definition) is 6. The van der Waals surface area contributed by atoms with Crippen molar-refractivity contribution in [2.24, 2.45) is 5.10 Å². The summed E-state index contributed by atoms with van der Waals surface area (Å²) in [4.78, 5) is 21.0. The van der Waals surface area contributed by atoms with Crippen molar-refractivity contribution in [2.75, 3.05) is 19.6 Å². The third kappa shape index (κ3) is 6.40. The average molecular weight is 412 g/mol. The van der Waals surface area contributed by atoms with E-state index in [-0.39, 0.29) is 12.0 Å². The Hall–Kier alpha value is -2.70. The predicted molar refractivity (Wildman–Crippen MR) is 120 cm³/mol. The van der Waals surface area contributed by atoms with Crippen molar-refractivity contribution in [3.63, 3.8) is 0 Å². The van der Waals surface area contributed by atoms with Gasteiger partial charge >= 0.3 is 6.09 Å². The third-order valence-corrected chi connectivity index (χ3v) is 5.00. The number of nitrogens with zero attached hydrogens (tertiary/aromatic N) is 4. The first-order valence-corrected chi connectivity index (χ1v) is 10.8. The van der Waals surface area contributed by atoms with Gasteiger partial charge in [-0.15, -0.1) is 0 Å². The van der Waals surface area contributed by atoms with E-state index < -0.39 is 5.60 Å². The molecule has 3 rings (SSSR count). The number of carbonyl (C=O) groups is 1. The molecule has 2 aromatic rings. The van der Waals surface area contributed by atoms with Gasteiger partial charge in [0, 0.05) is 32.0 Å². The zero-order valence-corrected chi connectivity index (χ0v) is 18.5. The van der Waals surface area contributed by atoms with Crippen LogP contribution in [-0.4, -0.2) is 52.5 Å². The molecule has 7 nitrogen and oxygen atoms in total. The van der Waals surface area contributed by atoms with E-state index in [4.69, 9.17) is 9.72 Å². The number of para-hydroxylation sites is 1. The Morgan fingerprint density at radius 1 is 1.23 bits per heavy atom. The van der Waals surface area contributed by atoms with Crippen molar-refractivity contribution >= 4 is 23.3 Å². The molecule has 2 heterocycles. The number of carbonyl (C=O) groups excluding carboxylic acids is 1. The molecule has 0 fully saturated rings. The van der Waals surface area contributed by atoms with Gasteiger partial charge < -0.3 is 10.1 Å². The Labute approximate surface area is 178 Å². The Kier molecular flexibility index (Phi) is 7.24. The van der Waals surface area contributed by atoms with Gasteiger partial charge in [-0.05, 0) is 52.2 Å². The smallest absolute Gasteiger partial charge is 0.407 e. The van der Waals surface area contributed by atoms with Gasteiger partial charge in [-0.1, -0.05) is 25.0 Å². The van der Waals surface area contributed by atoms with E-state index in [2.05, 4.69) is 33.4 Å². The van der Waals surface area contributed by atoms with Crippen LogP contribution in [0.1, 0.15) is 63.6 Å². The second kappa shape index (κ2) is 9.87. The number of ether oxygens (including phenoxy) is 1. The molecule has 0 radical (unpaired) electrons. The zero-order chi connectivity index (χ0) is 21.6. The van der Waals surface area contributed by atoms with E-state index >= 15 is 0 Å². The lowest BCUT2D eigenvalue weighted by molar-refractivity contribution is 0.0527. The molecular formula is C23H33N5O2. The summed E-state index contributed by atoms with van der Waals surface area (Å²) in [5.41, 5.74) is 3.59. The monoisotopic (exact) mass is 411 g/mol. The van der Waals surface area contributed by atoms with Gasteiger partial charge in [0.2, 0.25) is 0 Å². The molecule has 0 bridgehead atoms. The van der Waals surface area contributed by atoms with Crippen molar-refractivity contribution in [1.82, 2.24) is 20.3 Å². The maximum Gasteiger partial charge on any atom is 0.407 e. The van der Waals surface area contributed by atoms with E-state index in [1.165, 1.54) is 0 Å². The molecule has 1 amide bonds. The number of benzene rings is 1. The molecular weight excluding hydrogens is 378 g/mol. The number of hydrogen-bond donors (Lipinski definition) is 1. The molecule has 0 spiro atoms. The number of rotatable bonds is 8. The van der Waals surface area contributed by atoms with E-state index in [0.717, 1.165) is 61.1 Å². The summed E-state index contributed by atoms with van der Waals surface area (Å²) in [5.74, 6) is 0.194. The van der Waals surface area contributed by atoms with E-state index in [0.29, 0.717) is 6.54 Å². The maximum absolute atomic E-state index is 11.6. The molecule has 162 valence electrons. The van der Waals surface area contributed by atoms with E-state index in [1.807, 2.05) is 45.3 Å². The van der Waals surface area contributed by atoms with Crippen LogP contribution in [0.15, 0.2) is 29.5 Å². The van der Waals surface area contributed by atoms with Crippen molar-refractivity contribution in [3.05, 3.63) is 35.7 Å². The predicted octanol–water partition coefficient (Wildman–Crippen LogP) is 4.41. The molecule has 30 heavy (non-hydrogen) atoms. The number of hydrazone groups is 1. The highest BCUT2D eigenvalue weighted by Crippen LogP contribution is 2.22. The number of aromatic nitrogens is 2. The number of unbranched alkanes of at least 4 members (excludes halogenated alkanes) is 3. The fourth-order valence-electron chi connectivity index (χ4n) is 3.46. The highest BCUT2D eigenvalue weighted by Gasteiger charge is 2.21. The zero-order valence-electron chi connectivity index (χ0n) is 18.5. The molecule has 0 aliphatic carbocycles. The lowest BCUT2D eigenvalue weighted by Crippen LogP contribution is -2.33. The van der Waals surface area contributed by atoms with Crippen LogP contribution in [0.4, 0.5) is 4.79 Å². The molecule has 0 saturated heterocycles. The fourth-order valence-corrected chi connectivity index (χ4v) is 3.46. The molecule has 1 N–H and O–H groups in total. The summed E-state index contributed by atoms with van der Waals surface area (Å²) in [6.07, 6.45) is 7.75. The Bertz CT molecular complexity index is 891. The van der Waals surface area contributed by atoms with Crippen molar-refractivity contribution < 1.29 is 9.53 Å². The van der Waals surface area contributed by atoms with Crippen LogP contribution >= 0.6 is 0 Å². The van der Waals surface area contributed by atoms with Crippen molar-refractivity contribution in [2.45, 2.75) is 64.9 Å². The number of amides is 1. The summed E-state index contributed by atoms with van der Waals surface area (Å²) >= 11 is 0. The van der Waals surface area contributed by atoms with Crippen LogP contribution in [0.3, 0.4) is 0 Å². The molecule has 1 aliphatic rings. The standard InChI is InChI=1S/C23H33N5O2/c1-17-10-9-11-19-21(17)27-20(15-25-19)18-14-26-28(16-18)13-8-6-5-7-12-24-22(29)30-23(2,3)4/h9-11,14-15,18H,5-8,12-13,16H2,1-4H3,(H,24,29). The number of aryl methyl sites for hydroxylation is 1. The van der Waals surface area contributed by atoms with E-state index in [1.54, 1.807) is 0 Å². The van der Waals surface area contributed by atoms with Gasteiger partial charge in [0.25, 0.3) is 0 Å². The average Bonchev–Trinajstić information content (AvgIpc) is 3.15. The molecule has 1 aromatic carbocycles. The Morgan fingerprint density at radius 3 is 2.83 bits per heavy atom. The molecule has 0 saturated carbocycles. The third-order valence-electron chi connectivity index (χ3n) is 5.00. The van der Waals surface area contributed by atoms with Crippen LogP contribution in [0.25, 0.3) is 11.0 Å². The van der Waals surface area contributed by atoms with Gasteiger partial charge in [0.05, 0.1) is 22.6 Å². The summed E-state index contributed by atoms with van der Waals surface area (Å²) < 4.78 is 5.23. The minimum atomic E-state index is -0.449. The van der Waals surface area contributed by atoms with Gasteiger partial charge in [0.1, 0.15) is 5.60 Å². The highest BCUT2D eigenvalue weighted by atomic mass is 16.6. The lowest BCUT2D eigenvalue weighted by atomic mass is 10.1. The molecule has 7 heteroatoms. The van der Waals surface area contributed by atoms with Crippen LogP contribution in [-0.2, 0) is 4.74 Å². The first-order valence-electron chi connectivity index (χ1n) is 10.8. The summed E-state index contributed by atoms with van der Waals surface area (Å²) in [6, 6.07) is 6.08. The second-order valence-corrected chi connectivity index (χ2v) is 8.86. The van der Waals surface area contributed by atoms with Crippen LogP contribution < -0.4 is 5.32 Å². The lowest BCUT2D eigenvalue weighted by Gasteiger charge is -2.19. The van der Waals surface area contributed by atoms with Crippen molar-refractivity contribution in [3.8, 4) is 0 Å². The summed E-state index contributed by atoms with van der Waals surface area (Å²) in [6.45, 7) is 10.1. The largest absolute Gasteiger partial charge is 0.444 e. The summed E-state index contributed by atoms with van der Waals surface area (Å²) in [7, 11) is 0. The minimum Gasteiger partial charge on any atom is -0.444 e. The molecule has 1 aromatic heterocycles.